The Labute approximate surface area is 170 Å². The number of anilines is 1. The third-order valence-corrected chi connectivity index (χ3v) is 4.27. The molecule has 0 bridgehead atoms. The second-order valence-corrected chi connectivity index (χ2v) is 6.03. The fourth-order valence-corrected chi connectivity index (χ4v) is 3.06. The SMILES string of the molecule is CN=C(NCC(=O)N1CCCc2ccccc21)N(C)Cc1ccon1.I. The molecule has 0 atom stereocenters. The maximum Gasteiger partial charge on any atom is 0.246 e. The van der Waals surface area contributed by atoms with Crippen LogP contribution >= 0.6 is 24.0 Å². The maximum absolute atomic E-state index is 12.7. The number of carbonyl (C=O) groups is 1. The standard InChI is InChI=1S/C18H23N5O2.HI/c1-19-18(22(2)13-15-9-11-25-21-15)20-12-17(24)23-10-5-7-14-6-3-4-8-16(14)23;/h3-4,6,8-9,11H,5,7,10,12-13H2,1-2H3,(H,19,20);1H. The van der Waals surface area contributed by atoms with Crippen LogP contribution in [0.15, 0.2) is 46.1 Å². The number of benzene rings is 1. The van der Waals surface area contributed by atoms with Crippen LogP contribution in [0.1, 0.15) is 17.7 Å². The molecule has 7 nitrogen and oxygen atoms in total. The first-order valence-corrected chi connectivity index (χ1v) is 8.38. The van der Waals surface area contributed by atoms with Gasteiger partial charge in [-0.05, 0) is 24.5 Å². The zero-order valence-corrected chi connectivity index (χ0v) is 17.3. The van der Waals surface area contributed by atoms with Crippen molar-refractivity contribution in [1.82, 2.24) is 15.4 Å². The van der Waals surface area contributed by atoms with Crippen LogP contribution in [-0.4, -0.2) is 49.1 Å². The molecule has 140 valence electrons. The first kappa shape index (κ1) is 20.2. The van der Waals surface area contributed by atoms with E-state index in [0.29, 0.717) is 12.5 Å². The molecular weight excluding hydrogens is 445 g/mol. The van der Waals surface area contributed by atoms with Gasteiger partial charge < -0.3 is 19.6 Å². The van der Waals surface area contributed by atoms with Gasteiger partial charge in [0.05, 0.1) is 13.1 Å². The average Bonchev–Trinajstić information content (AvgIpc) is 3.14. The van der Waals surface area contributed by atoms with Crippen molar-refractivity contribution in [2.45, 2.75) is 19.4 Å². The monoisotopic (exact) mass is 469 g/mol. The Morgan fingerprint density at radius 1 is 1.38 bits per heavy atom. The minimum absolute atomic E-state index is 0. The van der Waals surface area contributed by atoms with E-state index in [1.165, 1.54) is 11.8 Å². The largest absolute Gasteiger partial charge is 0.364 e. The fourth-order valence-electron chi connectivity index (χ4n) is 3.06. The van der Waals surface area contributed by atoms with Gasteiger partial charge in [0.15, 0.2) is 5.96 Å². The van der Waals surface area contributed by atoms with Crippen molar-refractivity contribution in [3.8, 4) is 0 Å². The highest BCUT2D eigenvalue weighted by molar-refractivity contribution is 14.0. The van der Waals surface area contributed by atoms with Crippen molar-refractivity contribution >= 4 is 41.5 Å². The lowest BCUT2D eigenvalue weighted by Gasteiger charge is -2.30. The molecule has 2 heterocycles. The number of aromatic nitrogens is 1. The molecule has 0 saturated carbocycles. The number of hydrogen-bond acceptors (Lipinski definition) is 4. The van der Waals surface area contributed by atoms with E-state index >= 15 is 0 Å². The predicted molar refractivity (Wildman–Crippen MR) is 112 cm³/mol. The number of aryl methyl sites for hydroxylation is 1. The fraction of sp³-hybridized carbons (Fsp3) is 0.389. The molecule has 1 amide bonds. The minimum Gasteiger partial charge on any atom is -0.364 e. The molecule has 1 aliphatic rings. The van der Waals surface area contributed by atoms with Gasteiger partial charge in [-0.3, -0.25) is 9.79 Å². The Morgan fingerprint density at radius 2 is 2.19 bits per heavy atom. The molecule has 26 heavy (non-hydrogen) atoms. The van der Waals surface area contributed by atoms with Crippen LogP contribution in [0.5, 0.6) is 0 Å². The quantitative estimate of drug-likeness (QED) is 0.423. The lowest BCUT2D eigenvalue weighted by Crippen LogP contribution is -2.46. The molecule has 8 heteroatoms. The highest BCUT2D eigenvalue weighted by atomic mass is 127. The predicted octanol–water partition coefficient (Wildman–Crippen LogP) is 2.28. The topological polar surface area (TPSA) is 74.0 Å². The molecule has 1 aliphatic heterocycles. The van der Waals surface area contributed by atoms with E-state index in [2.05, 4.69) is 21.5 Å². The number of carbonyl (C=O) groups excluding carboxylic acids is 1. The molecule has 2 aromatic rings. The highest BCUT2D eigenvalue weighted by Gasteiger charge is 2.22. The van der Waals surface area contributed by atoms with Crippen molar-refractivity contribution in [3.05, 3.63) is 47.9 Å². The molecule has 0 saturated heterocycles. The van der Waals surface area contributed by atoms with E-state index in [-0.39, 0.29) is 36.4 Å². The summed E-state index contributed by atoms with van der Waals surface area (Å²) in [5, 5.41) is 7.03. The third kappa shape index (κ3) is 4.75. The average molecular weight is 469 g/mol. The van der Waals surface area contributed by atoms with Gasteiger partial charge >= 0.3 is 0 Å². The number of nitrogens with one attached hydrogen (secondary N) is 1. The van der Waals surface area contributed by atoms with Gasteiger partial charge in [0, 0.05) is 32.4 Å². The number of amides is 1. The summed E-state index contributed by atoms with van der Waals surface area (Å²) in [6.45, 7) is 1.51. The van der Waals surface area contributed by atoms with Crippen LogP contribution in [0, 0.1) is 0 Å². The maximum atomic E-state index is 12.7. The molecule has 1 aromatic carbocycles. The number of rotatable bonds is 4. The summed E-state index contributed by atoms with van der Waals surface area (Å²) in [6.07, 6.45) is 3.55. The van der Waals surface area contributed by atoms with Gasteiger partial charge in [-0.15, -0.1) is 24.0 Å². The van der Waals surface area contributed by atoms with Crippen LogP contribution in [0.3, 0.4) is 0 Å². The van der Waals surface area contributed by atoms with Crippen molar-refractivity contribution in [3.63, 3.8) is 0 Å². The number of halogens is 1. The summed E-state index contributed by atoms with van der Waals surface area (Å²) >= 11 is 0. The molecule has 0 radical (unpaired) electrons. The number of fused-ring (bicyclic) bond motifs is 1. The van der Waals surface area contributed by atoms with Crippen LogP contribution in [0.4, 0.5) is 5.69 Å². The first-order chi connectivity index (χ1) is 12.2. The molecular formula is C18H24IN5O2. The highest BCUT2D eigenvalue weighted by Crippen LogP contribution is 2.26. The molecule has 0 unspecified atom stereocenters. The molecule has 0 spiro atoms. The van der Waals surface area contributed by atoms with Crippen molar-refractivity contribution in [2.24, 2.45) is 4.99 Å². The lowest BCUT2D eigenvalue weighted by molar-refractivity contribution is -0.117. The Balaban J connectivity index is 0.00000243. The number of aliphatic imine (C=N–C) groups is 1. The summed E-state index contributed by atoms with van der Waals surface area (Å²) in [7, 11) is 3.59. The zero-order chi connectivity index (χ0) is 17.6. The molecule has 0 fully saturated rings. The normalized spacial score (nSPS) is 13.6. The molecule has 1 aromatic heterocycles. The summed E-state index contributed by atoms with van der Waals surface area (Å²) in [5.74, 6) is 0.685. The van der Waals surface area contributed by atoms with Gasteiger partial charge in [0.25, 0.3) is 0 Å². The van der Waals surface area contributed by atoms with Gasteiger partial charge in [-0.1, -0.05) is 23.4 Å². The van der Waals surface area contributed by atoms with Gasteiger partial charge in [-0.25, -0.2) is 0 Å². The van der Waals surface area contributed by atoms with Gasteiger partial charge in [0.2, 0.25) is 5.91 Å². The number of guanidine groups is 1. The number of nitrogens with zero attached hydrogens (tertiary/aromatic N) is 4. The summed E-state index contributed by atoms with van der Waals surface area (Å²) < 4.78 is 4.84. The van der Waals surface area contributed by atoms with Crippen LogP contribution in [0.25, 0.3) is 0 Å². The summed E-state index contributed by atoms with van der Waals surface area (Å²) in [6, 6.07) is 9.90. The van der Waals surface area contributed by atoms with Crippen molar-refractivity contribution in [2.75, 3.05) is 32.1 Å². The van der Waals surface area contributed by atoms with E-state index < -0.39 is 0 Å². The summed E-state index contributed by atoms with van der Waals surface area (Å²) in [4.78, 5) is 20.7. The Bertz CT molecular complexity index is 748. The number of hydrogen-bond donors (Lipinski definition) is 1. The van der Waals surface area contributed by atoms with Crippen molar-refractivity contribution < 1.29 is 9.32 Å². The van der Waals surface area contributed by atoms with Gasteiger partial charge in [-0.2, -0.15) is 0 Å². The lowest BCUT2D eigenvalue weighted by atomic mass is 10.0. The van der Waals surface area contributed by atoms with Crippen LogP contribution in [0.2, 0.25) is 0 Å². The summed E-state index contributed by atoms with van der Waals surface area (Å²) in [5.41, 5.74) is 3.06. The Hall–Kier alpha value is -2.10. The number of para-hydroxylation sites is 1. The van der Waals surface area contributed by atoms with Crippen LogP contribution < -0.4 is 10.2 Å². The second kappa shape index (κ2) is 9.56. The van der Waals surface area contributed by atoms with E-state index in [1.54, 1.807) is 13.1 Å². The third-order valence-electron chi connectivity index (χ3n) is 4.27. The Morgan fingerprint density at radius 3 is 2.92 bits per heavy atom. The van der Waals surface area contributed by atoms with E-state index in [0.717, 1.165) is 30.8 Å². The second-order valence-electron chi connectivity index (χ2n) is 6.03. The smallest absolute Gasteiger partial charge is 0.246 e. The van der Waals surface area contributed by atoms with E-state index in [9.17, 15) is 4.79 Å². The minimum atomic E-state index is 0. The Kier molecular flexibility index (Phi) is 7.43. The first-order valence-electron chi connectivity index (χ1n) is 8.38. The molecule has 0 aliphatic carbocycles. The molecule has 1 N–H and O–H groups in total. The van der Waals surface area contributed by atoms with E-state index in [4.69, 9.17) is 4.52 Å². The van der Waals surface area contributed by atoms with Crippen molar-refractivity contribution in [1.29, 1.82) is 0 Å². The molecule has 3 rings (SSSR count). The van der Waals surface area contributed by atoms with Gasteiger partial charge in [0.1, 0.15) is 12.0 Å². The van der Waals surface area contributed by atoms with Crippen LogP contribution in [-0.2, 0) is 17.8 Å². The van der Waals surface area contributed by atoms with E-state index in [1.807, 2.05) is 35.0 Å². The zero-order valence-electron chi connectivity index (χ0n) is 15.0.